The van der Waals surface area contributed by atoms with E-state index in [0.29, 0.717) is 12.5 Å². The minimum Gasteiger partial charge on any atom is -0.338 e. The minimum absolute atomic E-state index is 0. The van der Waals surface area contributed by atoms with Gasteiger partial charge in [0.1, 0.15) is 0 Å². The molecule has 162 valence electrons. The summed E-state index contributed by atoms with van der Waals surface area (Å²) in [6.07, 6.45) is 3.27. The molecule has 1 unspecified atom stereocenters. The Bertz CT molecular complexity index is 916. The van der Waals surface area contributed by atoms with Gasteiger partial charge in [-0.15, -0.1) is 24.8 Å². The van der Waals surface area contributed by atoms with E-state index < -0.39 is 0 Å². The third-order valence-corrected chi connectivity index (χ3v) is 6.03. The Balaban J connectivity index is 0.00000150. The van der Waals surface area contributed by atoms with E-state index in [2.05, 4.69) is 27.7 Å². The number of aromatic nitrogens is 3. The first kappa shape index (κ1) is 23.9. The van der Waals surface area contributed by atoms with Crippen LogP contribution in [0.4, 0.5) is 0 Å². The van der Waals surface area contributed by atoms with Gasteiger partial charge in [0.25, 0.3) is 5.91 Å². The number of rotatable bonds is 3. The van der Waals surface area contributed by atoms with E-state index in [9.17, 15) is 4.79 Å². The number of aryl methyl sites for hydroxylation is 1. The molecule has 8 heteroatoms. The first-order valence-electron chi connectivity index (χ1n) is 10.0. The fourth-order valence-electron chi connectivity index (χ4n) is 4.07. The van der Waals surface area contributed by atoms with Crippen LogP contribution < -0.4 is 5.73 Å². The maximum absolute atomic E-state index is 13.5. The summed E-state index contributed by atoms with van der Waals surface area (Å²) >= 11 is 0. The first-order valence-corrected chi connectivity index (χ1v) is 10.0. The zero-order valence-electron chi connectivity index (χ0n) is 18.0. The maximum atomic E-state index is 13.5. The van der Waals surface area contributed by atoms with E-state index in [1.807, 2.05) is 22.6 Å². The van der Waals surface area contributed by atoms with Crippen LogP contribution in [0.15, 0.2) is 6.07 Å². The van der Waals surface area contributed by atoms with E-state index in [0.717, 1.165) is 60.3 Å². The van der Waals surface area contributed by atoms with Crippen molar-refractivity contribution in [1.29, 1.82) is 0 Å². The van der Waals surface area contributed by atoms with Gasteiger partial charge in [0.2, 0.25) is 0 Å². The number of carbonyl (C=O) groups excluding carboxylic acids is 1. The summed E-state index contributed by atoms with van der Waals surface area (Å²) in [6.45, 7) is 12.6. The smallest absolute Gasteiger partial charge is 0.254 e. The number of amides is 1. The Morgan fingerprint density at radius 2 is 1.97 bits per heavy atom. The van der Waals surface area contributed by atoms with Crippen LogP contribution in [-0.4, -0.2) is 45.2 Å². The number of hydrogen-bond acceptors (Lipinski definition) is 4. The molecule has 1 aliphatic carbocycles. The molecule has 1 saturated heterocycles. The van der Waals surface area contributed by atoms with E-state index in [1.165, 1.54) is 0 Å². The highest BCUT2D eigenvalue weighted by Gasteiger charge is 2.37. The van der Waals surface area contributed by atoms with Gasteiger partial charge in [-0.2, -0.15) is 5.10 Å². The van der Waals surface area contributed by atoms with Crippen molar-refractivity contribution in [3.8, 4) is 0 Å². The Hall–Kier alpha value is -1.37. The van der Waals surface area contributed by atoms with Crippen molar-refractivity contribution in [2.24, 2.45) is 11.1 Å². The normalized spacial score (nSPS) is 21.8. The molecule has 2 aliphatic rings. The highest BCUT2D eigenvalue weighted by molar-refractivity contribution is 6.06. The van der Waals surface area contributed by atoms with Crippen molar-refractivity contribution in [2.75, 3.05) is 19.6 Å². The zero-order valence-corrected chi connectivity index (χ0v) is 19.6. The molecule has 2 aromatic heterocycles. The SMILES string of the molecule is Cc1nn(C(C)(C)C)c2nc(C3CC3)cc(C(=O)N3CCC(C)(CN)C3)c12.Cl.Cl. The van der Waals surface area contributed by atoms with Crippen LogP contribution in [0.25, 0.3) is 11.0 Å². The first-order chi connectivity index (χ1) is 12.6. The molecule has 2 aromatic rings. The standard InChI is InChI=1S/C21H31N5O.2ClH/c1-13-17-15(19(27)25-9-8-21(5,11-22)12-25)10-16(14-6-7-14)23-18(17)26(24-13)20(2,3)4;;/h10,14H,6-9,11-12,22H2,1-5H3;2*1H. The molecule has 29 heavy (non-hydrogen) atoms. The molecule has 0 spiro atoms. The van der Waals surface area contributed by atoms with Gasteiger partial charge in [0, 0.05) is 24.7 Å². The quantitative estimate of drug-likeness (QED) is 0.779. The van der Waals surface area contributed by atoms with E-state index in [1.54, 1.807) is 0 Å². The molecule has 1 aliphatic heterocycles. The summed E-state index contributed by atoms with van der Waals surface area (Å²) < 4.78 is 1.98. The average Bonchev–Trinajstić information content (AvgIpc) is 3.30. The number of hydrogen-bond donors (Lipinski definition) is 1. The van der Waals surface area contributed by atoms with Crippen LogP contribution in [0, 0.1) is 12.3 Å². The largest absolute Gasteiger partial charge is 0.338 e. The lowest BCUT2D eigenvalue weighted by Gasteiger charge is -2.23. The second-order valence-electron chi connectivity index (χ2n) is 9.73. The van der Waals surface area contributed by atoms with Gasteiger partial charge in [0.15, 0.2) is 5.65 Å². The lowest BCUT2D eigenvalue weighted by atomic mass is 9.90. The predicted octanol–water partition coefficient (Wildman–Crippen LogP) is 4.03. The molecule has 6 nitrogen and oxygen atoms in total. The number of pyridine rings is 1. The molecule has 1 saturated carbocycles. The zero-order chi connectivity index (χ0) is 19.6. The predicted molar refractivity (Wildman–Crippen MR) is 121 cm³/mol. The summed E-state index contributed by atoms with van der Waals surface area (Å²) in [5.41, 5.74) is 9.29. The van der Waals surface area contributed by atoms with Gasteiger partial charge in [-0.3, -0.25) is 4.79 Å². The third kappa shape index (κ3) is 4.25. The van der Waals surface area contributed by atoms with E-state index in [-0.39, 0.29) is 41.7 Å². The van der Waals surface area contributed by atoms with Crippen molar-refractivity contribution in [3.05, 3.63) is 23.0 Å². The number of nitrogens with two attached hydrogens (primary N) is 1. The highest BCUT2D eigenvalue weighted by atomic mass is 35.5. The second kappa shape index (κ2) is 8.05. The van der Waals surface area contributed by atoms with Crippen LogP contribution >= 0.6 is 24.8 Å². The molecular weight excluding hydrogens is 409 g/mol. The van der Waals surface area contributed by atoms with Crippen LogP contribution in [-0.2, 0) is 5.54 Å². The van der Waals surface area contributed by atoms with Crippen molar-refractivity contribution in [3.63, 3.8) is 0 Å². The number of halogens is 2. The van der Waals surface area contributed by atoms with Gasteiger partial charge in [-0.1, -0.05) is 6.92 Å². The van der Waals surface area contributed by atoms with Crippen LogP contribution in [0.5, 0.6) is 0 Å². The fraction of sp³-hybridized carbons (Fsp3) is 0.667. The van der Waals surface area contributed by atoms with Gasteiger partial charge >= 0.3 is 0 Å². The van der Waals surface area contributed by atoms with Crippen molar-refractivity contribution >= 4 is 41.8 Å². The van der Waals surface area contributed by atoms with Crippen molar-refractivity contribution < 1.29 is 4.79 Å². The van der Waals surface area contributed by atoms with E-state index in [4.69, 9.17) is 15.8 Å². The summed E-state index contributed by atoms with van der Waals surface area (Å²) in [6, 6.07) is 2.03. The summed E-state index contributed by atoms with van der Waals surface area (Å²) in [5.74, 6) is 0.579. The third-order valence-electron chi connectivity index (χ3n) is 6.03. The lowest BCUT2D eigenvalue weighted by Crippen LogP contribution is -2.34. The Morgan fingerprint density at radius 3 is 2.48 bits per heavy atom. The van der Waals surface area contributed by atoms with Gasteiger partial charge in [-0.05, 0) is 65.0 Å². The Morgan fingerprint density at radius 1 is 1.31 bits per heavy atom. The van der Waals surface area contributed by atoms with Crippen molar-refractivity contribution in [1.82, 2.24) is 19.7 Å². The monoisotopic (exact) mass is 441 g/mol. The maximum Gasteiger partial charge on any atom is 0.254 e. The number of carbonyl (C=O) groups is 1. The molecule has 2 N–H and O–H groups in total. The van der Waals surface area contributed by atoms with Crippen LogP contribution in [0.3, 0.4) is 0 Å². The summed E-state index contributed by atoms with van der Waals surface area (Å²) in [7, 11) is 0. The summed E-state index contributed by atoms with van der Waals surface area (Å²) in [4.78, 5) is 20.4. The number of nitrogens with zero attached hydrogens (tertiary/aromatic N) is 4. The minimum atomic E-state index is -0.187. The fourth-order valence-corrected chi connectivity index (χ4v) is 4.07. The number of likely N-dealkylation sites (tertiary alicyclic amines) is 1. The average molecular weight is 442 g/mol. The lowest BCUT2D eigenvalue weighted by molar-refractivity contribution is 0.0778. The topological polar surface area (TPSA) is 77.0 Å². The van der Waals surface area contributed by atoms with Gasteiger partial charge < -0.3 is 10.6 Å². The molecule has 0 aromatic carbocycles. The number of fused-ring (bicyclic) bond motifs is 1. The molecular formula is C21H33Cl2N5O. The van der Waals surface area contributed by atoms with Crippen LogP contribution in [0.1, 0.15) is 74.6 Å². The highest BCUT2D eigenvalue weighted by Crippen LogP contribution is 2.41. The molecule has 0 bridgehead atoms. The second-order valence-corrected chi connectivity index (χ2v) is 9.73. The molecule has 4 rings (SSSR count). The summed E-state index contributed by atoms with van der Waals surface area (Å²) in [5, 5.41) is 5.66. The molecule has 3 heterocycles. The molecule has 2 fully saturated rings. The van der Waals surface area contributed by atoms with Crippen LogP contribution in [0.2, 0.25) is 0 Å². The Labute approximate surface area is 185 Å². The molecule has 1 amide bonds. The van der Waals surface area contributed by atoms with Gasteiger partial charge in [-0.25, -0.2) is 9.67 Å². The van der Waals surface area contributed by atoms with Gasteiger partial charge in [0.05, 0.1) is 22.2 Å². The van der Waals surface area contributed by atoms with Crippen molar-refractivity contribution in [2.45, 2.75) is 65.3 Å². The molecule has 1 atom stereocenters. The van der Waals surface area contributed by atoms with E-state index >= 15 is 0 Å². The molecule has 0 radical (unpaired) electrons. The Kier molecular flexibility index (Phi) is 6.63.